The Morgan fingerprint density at radius 2 is 2.00 bits per heavy atom. The number of nitrogens with zero attached hydrogens (tertiary/aromatic N) is 1. The normalized spacial score (nSPS) is 11.2. The molecule has 1 aromatic carbocycles. The van der Waals surface area contributed by atoms with Crippen molar-refractivity contribution in [3.8, 4) is 11.3 Å². The minimum absolute atomic E-state index is 0.421. The van der Waals surface area contributed by atoms with E-state index in [9.17, 15) is 13.6 Å². The second kappa shape index (κ2) is 6.89. The van der Waals surface area contributed by atoms with Crippen LogP contribution in [0, 0.1) is 0 Å². The monoisotopic (exact) mass is 311 g/mol. The largest absolute Gasteiger partial charge is 0.455 e. The zero-order valence-electron chi connectivity index (χ0n) is 10.6. The van der Waals surface area contributed by atoms with E-state index in [4.69, 9.17) is 10.2 Å². The van der Waals surface area contributed by atoms with E-state index >= 15 is 0 Å². The number of nitrogens with one attached hydrogen (secondary N) is 1. The molecule has 2 amide bonds. The van der Waals surface area contributed by atoms with E-state index in [1.165, 1.54) is 6.21 Å². The number of primary amides is 1. The summed E-state index contributed by atoms with van der Waals surface area (Å²) in [7, 11) is 0. The molecule has 0 saturated heterocycles. The molecule has 8 heteroatoms. The number of furan rings is 1. The SMILES string of the molecule is NC(=O)N/N=C\c1ccc(-c2ccc(SC(F)F)cc2)o1. The molecule has 2 rings (SSSR count). The fraction of sp³-hybridized carbons (Fsp3) is 0.0769. The topological polar surface area (TPSA) is 80.6 Å². The number of hydrogen-bond acceptors (Lipinski definition) is 4. The zero-order chi connectivity index (χ0) is 15.2. The van der Waals surface area contributed by atoms with Crippen molar-refractivity contribution in [2.75, 3.05) is 0 Å². The first kappa shape index (κ1) is 15.0. The Bertz CT molecular complexity index is 641. The van der Waals surface area contributed by atoms with Crippen molar-refractivity contribution in [1.82, 2.24) is 5.43 Å². The number of carbonyl (C=O) groups excluding carboxylic acids is 1. The summed E-state index contributed by atoms with van der Waals surface area (Å²) < 4.78 is 29.9. The van der Waals surface area contributed by atoms with Crippen molar-refractivity contribution in [2.45, 2.75) is 10.7 Å². The number of halogens is 2. The Labute approximate surface area is 123 Å². The molecule has 0 unspecified atom stereocenters. The number of carbonyl (C=O) groups is 1. The molecule has 110 valence electrons. The Balaban J connectivity index is 2.07. The highest BCUT2D eigenvalue weighted by molar-refractivity contribution is 7.99. The van der Waals surface area contributed by atoms with Gasteiger partial charge in [-0.05, 0) is 24.3 Å². The standard InChI is InChI=1S/C13H11F2N3O2S/c14-12(15)21-10-4-1-8(2-5-10)11-6-3-9(20-11)7-17-18-13(16)19/h1-7,12H,(H3,16,18,19)/b17-7-. The molecule has 2 aromatic rings. The Morgan fingerprint density at radius 3 is 2.62 bits per heavy atom. The number of benzene rings is 1. The van der Waals surface area contributed by atoms with Crippen LogP contribution in [0.4, 0.5) is 13.6 Å². The average Bonchev–Trinajstić information content (AvgIpc) is 2.87. The Kier molecular flexibility index (Phi) is 4.94. The van der Waals surface area contributed by atoms with Crippen LogP contribution in [0.1, 0.15) is 5.76 Å². The van der Waals surface area contributed by atoms with Gasteiger partial charge in [-0.3, -0.25) is 0 Å². The minimum Gasteiger partial charge on any atom is -0.455 e. The van der Waals surface area contributed by atoms with E-state index in [0.29, 0.717) is 28.2 Å². The van der Waals surface area contributed by atoms with E-state index in [0.717, 1.165) is 5.56 Å². The van der Waals surface area contributed by atoms with Gasteiger partial charge in [0.25, 0.3) is 5.76 Å². The van der Waals surface area contributed by atoms with Crippen molar-refractivity contribution in [2.24, 2.45) is 10.8 Å². The molecule has 0 fully saturated rings. The van der Waals surface area contributed by atoms with Gasteiger partial charge in [0.1, 0.15) is 11.5 Å². The number of urea groups is 1. The van der Waals surface area contributed by atoms with Gasteiger partial charge in [0.2, 0.25) is 0 Å². The minimum atomic E-state index is -2.44. The predicted octanol–water partition coefficient (Wildman–Crippen LogP) is 3.26. The summed E-state index contributed by atoms with van der Waals surface area (Å²) in [6.45, 7) is 0. The molecule has 0 aliphatic rings. The molecule has 21 heavy (non-hydrogen) atoms. The van der Waals surface area contributed by atoms with Crippen molar-refractivity contribution >= 4 is 24.0 Å². The first-order valence-electron chi connectivity index (χ1n) is 5.78. The molecule has 0 aliphatic heterocycles. The smallest absolute Gasteiger partial charge is 0.332 e. The molecule has 5 nitrogen and oxygen atoms in total. The Morgan fingerprint density at radius 1 is 1.29 bits per heavy atom. The van der Waals surface area contributed by atoms with Crippen LogP contribution in [-0.2, 0) is 0 Å². The molecular formula is C13H11F2N3O2S. The summed E-state index contributed by atoms with van der Waals surface area (Å²) in [5, 5.41) is 3.56. The lowest BCUT2D eigenvalue weighted by molar-refractivity contribution is 0.249. The summed E-state index contributed by atoms with van der Waals surface area (Å²) in [5.41, 5.74) is 7.64. The van der Waals surface area contributed by atoms with Crippen LogP contribution in [0.2, 0.25) is 0 Å². The fourth-order valence-corrected chi connectivity index (χ4v) is 2.04. The van der Waals surface area contributed by atoms with Gasteiger partial charge in [-0.25, -0.2) is 10.2 Å². The van der Waals surface area contributed by atoms with Crippen LogP contribution in [0.15, 0.2) is 50.8 Å². The molecular weight excluding hydrogens is 300 g/mol. The first-order valence-corrected chi connectivity index (χ1v) is 6.66. The van der Waals surface area contributed by atoms with E-state index in [-0.39, 0.29) is 0 Å². The molecule has 0 radical (unpaired) electrons. The predicted molar refractivity (Wildman–Crippen MR) is 76.3 cm³/mol. The second-order valence-corrected chi connectivity index (χ2v) is 4.90. The lowest BCUT2D eigenvalue weighted by atomic mass is 10.2. The van der Waals surface area contributed by atoms with Gasteiger partial charge >= 0.3 is 6.03 Å². The highest BCUT2D eigenvalue weighted by atomic mass is 32.2. The number of nitrogens with two attached hydrogens (primary N) is 1. The number of alkyl halides is 2. The maximum absolute atomic E-state index is 12.2. The number of hydrogen-bond donors (Lipinski definition) is 2. The van der Waals surface area contributed by atoms with E-state index < -0.39 is 11.8 Å². The third-order valence-electron chi connectivity index (χ3n) is 2.36. The van der Waals surface area contributed by atoms with Crippen molar-refractivity contribution in [3.63, 3.8) is 0 Å². The van der Waals surface area contributed by atoms with Crippen LogP contribution in [0.5, 0.6) is 0 Å². The summed E-state index contributed by atoms with van der Waals surface area (Å²) in [6.07, 6.45) is 1.30. The van der Waals surface area contributed by atoms with E-state index in [1.54, 1.807) is 36.4 Å². The van der Waals surface area contributed by atoms with Gasteiger partial charge in [0.05, 0.1) is 6.21 Å². The third-order valence-corrected chi connectivity index (χ3v) is 3.08. The van der Waals surface area contributed by atoms with Crippen LogP contribution in [0.25, 0.3) is 11.3 Å². The van der Waals surface area contributed by atoms with Crippen molar-refractivity contribution < 1.29 is 18.0 Å². The van der Waals surface area contributed by atoms with Crippen LogP contribution >= 0.6 is 11.8 Å². The first-order chi connectivity index (χ1) is 10.0. The Hall–Kier alpha value is -2.35. The molecule has 1 aromatic heterocycles. The van der Waals surface area contributed by atoms with Gasteiger partial charge in [-0.2, -0.15) is 13.9 Å². The van der Waals surface area contributed by atoms with E-state index in [2.05, 4.69) is 5.10 Å². The van der Waals surface area contributed by atoms with Crippen molar-refractivity contribution in [1.29, 1.82) is 0 Å². The van der Waals surface area contributed by atoms with Gasteiger partial charge in [0.15, 0.2) is 0 Å². The molecule has 0 atom stereocenters. The highest BCUT2D eigenvalue weighted by Crippen LogP contribution is 2.28. The molecule has 0 bridgehead atoms. The van der Waals surface area contributed by atoms with Gasteiger partial charge < -0.3 is 10.2 Å². The maximum Gasteiger partial charge on any atom is 0.332 e. The number of thioether (sulfide) groups is 1. The number of rotatable bonds is 5. The highest BCUT2D eigenvalue weighted by Gasteiger charge is 2.07. The zero-order valence-corrected chi connectivity index (χ0v) is 11.4. The van der Waals surface area contributed by atoms with Gasteiger partial charge in [0, 0.05) is 10.5 Å². The van der Waals surface area contributed by atoms with Crippen LogP contribution < -0.4 is 11.2 Å². The molecule has 0 aliphatic carbocycles. The van der Waals surface area contributed by atoms with Gasteiger partial charge in [-0.15, -0.1) is 0 Å². The molecule has 0 spiro atoms. The van der Waals surface area contributed by atoms with Crippen LogP contribution in [-0.4, -0.2) is 18.0 Å². The number of amides is 2. The molecule has 3 N–H and O–H groups in total. The van der Waals surface area contributed by atoms with E-state index in [1.807, 2.05) is 5.43 Å². The summed E-state index contributed by atoms with van der Waals surface area (Å²) in [4.78, 5) is 10.9. The second-order valence-electron chi connectivity index (χ2n) is 3.84. The molecule has 1 heterocycles. The molecule has 0 saturated carbocycles. The fourth-order valence-electron chi connectivity index (χ4n) is 1.54. The van der Waals surface area contributed by atoms with Crippen LogP contribution in [0.3, 0.4) is 0 Å². The average molecular weight is 311 g/mol. The summed E-state index contributed by atoms with van der Waals surface area (Å²) in [6, 6.07) is 9.15. The van der Waals surface area contributed by atoms with Crippen molar-refractivity contribution in [3.05, 3.63) is 42.2 Å². The third kappa shape index (κ3) is 4.60. The lowest BCUT2D eigenvalue weighted by Gasteiger charge is -2.01. The maximum atomic E-state index is 12.2. The van der Waals surface area contributed by atoms with Gasteiger partial charge in [-0.1, -0.05) is 23.9 Å². The lowest BCUT2D eigenvalue weighted by Crippen LogP contribution is -2.24. The summed E-state index contributed by atoms with van der Waals surface area (Å²) >= 11 is 0.484. The number of hydrazone groups is 1. The summed E-state index contributed by atoms with van der Waals surface area (Å²) in [5.74, 6) is -1.46. The quantitative estimate of drug-likeness (QED) is 0.505.